The summed E-state index contributed by atoms with van der Waals surface area (Å²) in [4.78, 5) is 0. The molecule has 0 bridgehead atoms. The van der Waals surface area contributed by atoms with Crippen LogP contribution in [0.25, 0.3) is 10.8 Å². The molecule has 0 saturated heterocycles. The first-order chi connectivity index (χ1) is 10.4. The maximum absolute atomic E-state index is 10.6. The van der Waals surface area contributed by atoms with Gasteiger partial charge in [-0.2, -0.15) is 0 Å². The van der Waals surface area contributed by atoms with Gasteiger partial charge in [0, 0.05) is 10.8 Å². The zero-order valence-corrected chi connectivity index (χ0v) is 13.1. The first-order valence-corrected chi connectivity index (χ1v) is 7.13. The highest BCUT2D eigenvalue weighted by Gasteiger charge is 2.46. The Morgan fingerprint density at radius 2 is 1.59 bits per heavy atom. The van der Waals surface area contributed by atoms with Crippen LogP contribution in [0.1, 0.15) is 25.5 Å². The summed E-state index contributed by atoms with van der Waals surface area (Å²) < 4.78 is 16.9. The van der Waals surface area contributed by atoms with Crippen LogP contribution in [0.3, 0.4) is 0 Å². The molecule has 1 aliphatic heterocycles. The van der Waals surface area contributed by atoms with E-state index in [1.54, 1.807) is 28.1 Å². The van der Waals surface area contributed by atoms with Crippen molar-refractivity contribution in [2.45, 2.75) is 31.7 Å². The lowest BCUT2D eigenvalue weighted by molar-refractivity contribution is -0.0767. The molecule has 2 aromatic rings. The molecule has 22 heavy (non-hydrogen) atoms. The molecule has 3 rings (SSSR count). The van der Waals surface area contributed by atoms with Gasteiger partial charge in [0.05, 0.1) is 25.4 Å². The minimum atomic E-state index is -1.21. The number of hydrogen-bond donors (Lipinski definition) is 2. The number of aliphatic hydroxyl groups excluding tert-OH is 1. The number of methoxy groups -OCH3 is 2. The fourth-order valence-corrected chi connectivity index (χ4v) is 3.05. The SMILES string of the molecule is COc1c2c(c(OC)c3ccccc13)[C@H](O)[C@@H](C(C)(C)O)O2. The van der Waals surface area contributed by atoms with E-state index in [1.807, 2.05) is 24.3 Å². The third-order valence-corrected chi connectivity index (χ3v) is 4.04. The van der Waals surface area contributed by atoms with Crippen LogP contribution < -0.4 is 14.2 Å². The van der Waals surface area contributed by atoms with Gasteiger partial charge in [-0.1, -0.05) is 24.3 Å². The number of hydrogen-bond acceptors (Lipinski definition) is 5. The lowest BCUT2D eigenvalue weighted by Gasteiger charge is -2.27. The van der Waals surface area contributed by atoms with Crippen molar-refractivity contribution < 1.29 is 24.4 Å². The maximum atomic E-state index is 10.6. The predicted octanol–water partition coefficient (Wildman–Crippen LogP) is 2.42. The van der Waals surface area contributed by atoms with E-state index in [1.165, 1.54) is 0 Å². The van der Waals surface area contributed by atoms with Crippen LogP contribution in [0.2, 0.25) is 0 Å². The van der Waals surface area contributed by atoms with E-state index in [2.05, 4.69) is 0 Å². The van der Waals surface area contributed by atoms with E-state index in [9.17, 15) is 10.2 Å². The standard InChI is InChI=1S/C17H20O5/c1-17(2,19)16-12(18)11-13(20-3)9-7-5-6-8-10(9)14(21-4)15(11)22-16/h5-8,12,16,18-19H,1-4H3/t12-,16-/m0/s1. The normalized spacial score (nSPS) is 20.6. The van der Waals surface area contributed by atoms with Crippen LogP contribution in [0.4, 0.5) is 0 Å². The zero-order chi connectivity index (χ0) is 16.1. The molecule has 2 N–H and O–H groups in total. The Morgan fingerprint density at radius 3 is 2.09 bits per heavy atom. The van der Waals surface area contributed by atoms with E-state index >= 15 is 0 Å². The molecule has 1 aliphatic rings. The van der Waals surface area contributed by atoms with Crippen molar-refractivity contribution in [2.75, 3.05) is 14.2 Å². The summed E-state index contributed by atoms with van der Waals surface area (Å²) in [6.45, 7) is 3.21. The van der Waals surface area contributed by atoms with Crippen molar-refractivity contribution in [3.8, 4) is 17.2 Å². The Labute approximate surface area is 129 Å². The number of benzene rings is 2. The number of aliphatic hydroxyl groups is 2. The van der Waals surface area contributed by atoms with Crippen molar-refractivity contribution in [2.24, 2.45) is 0 Å². The third kappa shape index (κ3) is 2.01. The highest BCUT2D eigenvalue weighted by atomic mass is 16.5. The fraction of sp³-hybridized carbons (Fsp3) is 0.412. The molecule has 0 saturated carbocycles. The summed E-state index contributed by atoms with van der Waals surface area (Å²) in [6, 6.07) is 7.60. The fourth-order valence-electron chi connectivity index (χ4n) is 3.05. The Hall–Kier alpha value is -1.98. The van der Waals surface area contributed by atoms with Gasteiger partial charge in [0.2, 0.25) is 0 Å². The average Bonchev–Trinajstić information content (AvgIpc) is 2.82. The molecule has 0 unspecified atom stereocenters. The van der Waals surface area contributed by atoms with Gasteiger partial charge < -0.3 is 24.4 Å². The topological polar surface area (TPSA) is 68.2 Å². The van der Waals surface area contributed by atoms with Crippen molar-refractivity contribution >= 4 is 10.8 Å². The van der Waals surface area contributed by atoms with Crippen molar-refractivity contribution in [1.29, 1.82) is 0 Å². The number of rotatable bonds is 3. The molecule has 0 amide bonds. The Balaban J connectivity index is 2.34. The monoisotopic (exact) mass is 304 g/mol. The van der Waals surface area contributed by atoms with Gasteiger partial charge in [-0.05, 0) is 13.8 Å². The lowest BCUT2D eigenvalue weighted by atomic mass is 9.92. The highest BCUT2D eigenvalue weighted by Crippen LogP contribution is 2.54. The van der Waals surface area contributed by atoms with E-state index < -0.39 is 17.8 Å². The summed E-state index contributed by atoms with van der Waals surface area (Å²) in [5.74, 6) is 1.51. The van der Waals surface area contributed by atoms with E-state index in [-0.39, 0.29) is 0 Å². The second-order valence-corrected chi connectivity index (χ2v) is 5.99. The lowest BCUT2D eigenvalue weighted by Crippen LogP contribution is -2.41. The van der Waals surface area contributed by atoms with Crippen LogP contribution in [-0.4, -0.2) is 36.1 Å². The van der Waals surface area contributed by atoms with Gasteiger partial charge >= 0.3 is 0 Å². The second kappa shape index (κ2) is 5.04. The van der Waals surface area contributed by atoms with Crippen LogP contribution in [0.15, 0.2) is 24.3 Å². The molecule has 118 valence electrons. The molecule has 0 aromatic heterocycles. The van der Waals surface area contributed by atoms with Crippen molar-refractivity contribution in [1.82, 2.24) is 0 Å². The first-order valence-electron chi connectivity index (χ1n) is 7.13. The molecule has 0 aliphatic carbocycles. The summed E-state index contributed by atoms with van der Waals surface area (Å²) in [6.07, 6.45) is -1.79. The van der Waals surface area contributed by atoms with E-state index in [4.69, 9.17) is 14.2 Å². The first kappa shape index (κ1) is 14.9. The Kier molecular flexibility index (Phi) is 3.42. The molecule has 5 heteroatoms. The summed E-state index contributed by atoms with van der Waals surface area (Å²) >= 11 is 0. The Morgan fingerprint density at radius 1 is 1.05 bits per heavy atom. The van der Waals surface area contributed by atoms with Gasteiger partial charge in [-0.15, -0.1) is 0 Å². The van der Waals surface area contributed by atoms with Crippen molar-refractivity contribution in [3.63, 3.8) is 0 Å². The summed E-state index contributed by atoms with van der Waals surface area (Å²) in [7, 11) is 3.11. The summed E-state index contributed by atoms with van der Waals surface area (Å²) in [5, 5.41) is 22.6. The zero-order valence-electron chi connectivity index (χ0n) is 13.1. The molecule has 5 nitrogen and oxygen atoms in total. The largest absolute Gasteiger partial charge is 0.496 e. The molecule has 2 atom stereocenters. The molecular weight excluding hydrogens is 284 g/mol. The molecular formula is C17H20O5. The van der Waals surface area contributed by atoms with Crippen molar-refractivity contribution in [3.05, 3.63) is 29.8 Å². The third-order valence-electron chi connectivity index (χ3n) is 4.04. The van der Waals surface area contributed by atoms with Crippen LogP contribution in [0, 0.1) is 0 Å². The van der Waals surface area contributed by atoms with Gasteiger partial charge in [0.25, 0.3) is 0 Å². The molecule has 0 fully saturated rings. The highest BCUT2D eigenvalue weighted by molar-refractivity contribution is 5.97. The quantitative estimate of drug-likeness (QED) is 0.911. The number of ether oxygens (including phenoxy) is 3. The predicted molar refractivity (Wildman–Crippen MR) is 82.7 cm³/mol. The smallest absolute Gasteiger partial charge is 0.172 e. The average molecular weight is 304 g/mol. The van der Waals surface area contributed by atoms with Gasteiger partial charge in [0.15, 0.2) is 17.6 Å². The minimum absolute atomic E-state index is 0.428. The van der Waals surface area contributed by atoms with E-state index in [0.29, 0.717) is 22.8 Å². The summed E-state index contributed by atoms with van der Waals surface area (Å²) in [5.41, 5.74) is -0.689. The number of fused-ring (bicyclic) bond motifs is 2. The van der Waals surface area contributed by atoms with Gasteiger partial charge in [-0.3, -0.25) is 0 Å². The second-order valence-electron chi connectivity index (χ2n) is 5.99. The van der Waals surface area contributed by atoms with Crippen LogP contribution >= 0.6 is 0 Å². The van der Waals surface area contributed by atoms with Gasteiger partial charge in [-0.25, -0.2) is 0 Å². The Bertz CT molecular complexity index is 717. The molecule has 2 aromatic carbocycles. The van der Waals surface area contributed by atoms with Crippen LogP contribution in [-0.2, 0) is 0 Å². The van der Waals surface area contributed by atoms with Gasteiger partial charge in [0.1, 0.15) is 11.9 Å². The molecule has 0 radical (unpaired) electrons. The minimum Gasteiger partial charge on any atom is -0.496 e. The molecule has 1 heterocycles. The maximum Gasteiger partial charge on any atom is 0.172 e. The van der Waals surface area contributed by atoms with E-state index in [0.717, 1.165) is 10.8 Å². The van der Waals surface area contributed by atoms with Crippen LogP contribution in [0.5, 0.6) is 17.2 Å². The molecule has 0 spiro atoms.